The minimum Gasteiger partial charge on any atom is -0.355 e. The molecule has 1 aromatic rings. The standard InChI is InChI=1S/C23H33NO2/c1-6-23-13-22(5,14-25)11-10-18(23)17-9-7-8-16(4)19(17)20(23)21(26)24-12-15(2)3/h7-9,14-15,18,20H,6,10-13H2,1-5H3,(H,24,26). The molecule has 0 aromatic heterocycles. The van der Waals surface area contributed by atoms with Gasteiger partial charge in [0.25, 0.3) is 0 Å². The molecule has 1 amide bonds. The lowest BCUT2D eigenvalue weighted by Gasteiger charge is -2.48. The van der Waals surface area contributed by atoms with Gasteiger partial charge in [0.05, 0.1) is 5.92 Å². The molecule has 1 fully saturated rings. The zero-order valence-corrected chi connectivity index (χ0v) is 16.9. The zero-order chi connectivity index (χ0) is 19.1. The van der Waals surface area contributed by atoms with E-state index >= 15 is 0 Å². The van der Waals surface area contributed by atoms with Crippen LogP contribution in [0.25, 0.3) is 0 Å². The molecular formula is C23H33NO2. The van der Waals surface area contributed by atoms with Crippen molar-refractivity contribution in [3.05, 3.63) is 34.9 Å². The lowest BCUT2D eigenvalue weighted by molar-refractivity contribution is -0.130. The van der Waals surface area contributed by atoms with E-state index in [0.717, 1.165) is 32.0 Å². The average Bonchev–Trinajstić information content (AvgIpc) is 2.90. The second kappa shape index (κ2) is 6.83. The van der Waals surface area contributed by atoms with Gasteiger partial charge in [-0.25, -0.2) is 0 Å². The molecule has 0 saturated heterocycles. The summed E-state index contributed by atoms with van der Waals surface area (Å²) < 4.78 is 0. The van der Waals surface area contributed by atoms with Crippen LogP contribution in [-0.4, -0.2) is 18.7 Å². The van der Waals surface area contributed by atoms with Crippen molar-refractivity contribution in [2.75, 3.05) is 6.54 Å². The van der Waals surface area contributed by atoms with Crippen molar-refractivity contribution in [1.82, 2.24) is 5.32 Å². The van der Waals surface area contributed by atoms with E-state index in [1.165, 1.54) is 16.7 Å². The summed E-state index contributed by atoms with van der Waals surface area (Å²) in [5.41, 5.74) is 3.32. The molecule has 26 heavy (non-hydrogen) atoms. The van der Waals surface area contributed by atoms with E-state index in [0.29, 0.717) is 18.4 Å². The summed E-state index contributed by atoms with van der Waals surface area (Å²) in [6.45, 7) is 11.3. The van der Waals surface area contributed by atoms with Gasteiger partial charge in [0, 0.05) is 12.0 Å². The molecule has 142 valence electrons. The molecule has 1 saturated carbocycles. The molecule has 2 aliphatic rings. The molecule has 4 unspecified atom stereocenters. The number of aryl methyl sites for hydroxylation is 1. The Morgan fingerprint density at radius 2 is 2.12 bits per heavy atom. The fourth-order valence-electron chi connectivity index (χ4n) is 5.66. The minimum absolute atomic E-state index is 0.146. The third-order valence-electron chi connectivity index (χ3n) is 6.92. The molecule has 0 aliphatic heterocycles. The molecule has 0 spiro atoms. The summed E-state index contributed by atoms with van der Waals surface area (Å²) in [4.78, 5) is 25.2. The summed E-state index contributed by atoms with van der Waals surface area (Å²) in [6.07, 6.45) is 4.78. The van der Waals surface area contributed by atoms with E-state index in [-0.39, 0.29) is 22.7 Å². The molecule has 1 N–H and O–H groups in total. The first kappa shape index (κ1) is 19.1. The number of carbonyl (C=O) groups is 2. The Balaban J connectivity index is 2.11. The van der Waals surface area contributed by atoms with E-state index in [1.807, 2.05) is 0 Å². The highest BCUT2D eigenvalue weighted by Crippen LogP contribution is 2.66. The fourth-order valence-corrected chi connectivity index (χ4v) is 5.66. The molecule has 1 aromatic carbocycles. The number of hydrogen-bond acceptors (Lipinski definition) is 2. The van der Waals surface area contributed by atoms with E-state index in [2.05, 4.69) is 58.1 Å². The summed E-state index contributed by atoms with van der Waals surface area (Å²) >= 11 is 0. The van der Waals surface area contributed by atoms with Crippen molar-refractivity contribution in [2.45, 2.75) is 72.1 Å². The van der Waals surface area contributed by atoms with Gasteiger partial charge in [-0.2, -0.15) is 0 Å². The summed E-state index contributed by atoms with van der Waals surface area (Å²) in [7, 11) is 0. The van der Waals surface area contributed by atoms with Crippen molar-refractivity contribution in [3.63, 3.8) is 0 Å². The smallest absolute Gasteiger partial charge is 0.228 e. The van der Waals surface area contributed by atoms with Crippen LogP contribution in [0.4, 0.5) is 0 Å². The number of aldehydes is 1. The van der Waals surface area contributed by atoms with Gasteiger partial charge in [-0.05, 0) is 66.5 Å². The van der Waals surface area contributed by atoms with Crippen LogP contribution in [-0.2, 0) is 9.59 Å². The van der Waals surface area contributed by atoms with Crippen LogP contribution in [0.2, 0.25) is 0 Å². The van der Waals surface area contributed by atoms with Crippen LogP contribution in [0.15, 0.2) is 18.2 Å². The normalized spacial score (nSPS) is 32.8. The number of fused-ring (bicyclic) bond motifs is 3. The summed E-state index contributed by atoms with van der Waals surface area (Å²) in [5, 5.41) is 3.20. The van der Waals surface area contributed by atoms with E-state index in [4.69, 9.17) is 0 Å². The monoisotopic (exact) mass is 355 g/mol. The molecule has 3 nitrogen and oxygen atoms in total. The van der Waals surface area contributed by atoms with E-state index < -0.39 is 0 Å². The topological polar surface area (TPSA) is 46.2 Å². The van der Waals surface area contributed by atoms with Crippen LogP contribution in [0.3, 0.4) is 0 Å². The van der Waals surface area contributed by atoms with Gasteiger partial charge < -0.3 is 10.1 Å². The molecule has 3 heteroatoms. The Labute approximate surface area is 157 Å². The van der Waals surface area contributed by atoms with Gasteiger partial charge in [-0.1, -0.05) is 45.9 Å². The van der Waals surface area contributed by atoms with Gasteiger partial charge in [0.1, 0.15) is 6.29 Å². The maximum Gasteiger partial charge on any atom is 0.228 e. The van der Waals surface area contributed by atoms with Crippen molar-refractivity contribution < 1.29 is 9.59 Å². The Morgan fingerprint density at radius 3 is 2.73 bits per heavy atom. The number of carbonyl (C=O) groups excluding carboxylic acids is 2. The number of amides is 1. The predicted octanol–water partition coefficient (Wildman–Crippen LogP) is 4.73. The van der Waals surface area contributed by atoms with Gasteiger partial charge in [0.2, 0.25) is 5.91 Å². The number of nitrogens with one attached hydrogen (secondary N) is 1. The highest BCUT2D eigenvalue weighted by molar-refractivity contribution is 5.87. The van der Waals surface area contributed by atoms with Crippen molar-refractivity contribution >= 4 is 12.2 Å². The third-order valence-corrected chi connectivity index (χ3v) is 6.92. The average molecular weight is 356 g/mol. The first-order valence-electron chi connectivity index (χ1n) is 10.1. The van der Waals surface area contributed by atoms with Crippen molar-refractivity contribution in [1.29, 1.82) is 0 Å². The van der Waals surface area contributed by atoms with Crippen molar-refractivity contribution in [2.24, 2.45) is 16.7 Å². The number of benzene rings is 1. The van der Waals surface area contributed by atoms with Gasteiger partial charge in [-0.3, -0.25) is 4.79 Å². The molecule has 0 heterocycles. The molecule has 0 radical (unpaired) electrons. The Hall–Kier alpha value is -1.64. The van der Waals surface area contributed by atoms with E-state index in [1.54, 1.807) is 0 Å². The largest absolute Gasteiger partial charge is 0.355 e. The third kappa shape index (κ3) is 2.90. The summed E-state index contributed by atoms with van der Waals surface area (Å²) in [6, 6.07) is 6.47. The molecule has 3 rings (SSSR count). The van der Waals surface area contributed by atoms with Gasteiger partial charge in [-0.15, -0.1) is 0 Å². The fraction of sp³-hybridized carbons (Fsp3) is 0.652. The highest BCUT2D eigenvalue weighted by Gasteiger charge is 2.59. The molecule has 2 aliphatic carbocycles. The maximum absolute atomic E-state index is 13.4. The quantitative estimate of drug-likeness (QED) is 0.776. The number of rotatable bonds is 5. The second-order valence-electron chi connectivity index (χ2n) is 9.28. The first-order chi connectivity index (χ1) is 12.3. The molecule has 0 bridgehead atoms. The lowest BCUT2D eigenvalue weighted by atomic mass is 9.54. The SMILES string of the molecule is CCC12CC(C)(C=O)CCC1c1cccc(C)c1C2C(=O)NCC(C)C. The minimum atomic E-state index is -0.320. The molecule has 4 atom stereocenters. The Kier molecular flexibility index (Phi) is 5.02. The Morgan fingerprint density at radius 1 is 1.38 bits per heavy atom. The summed E-state index contributed by atoms with van der Waals surface area (Å²) in [5.74, 6) is 0.808. The van der Waals surface area contributed by atoms with Gasteiger partial charge >= 0.3 is 0 Å². The van der Waals surface area contributed by atoms with Gasteiger partial charge in [0.15, 0.2) is 0 Å². The first-order valence-corrected chi connectivity index (χ1v) is 10.1. The number of hydrogen-bond donors (Lipinski definition) is 1. The van der Waals surface area contributed by atoms with E-state index in [9.17, 15) is 9.59 Å². The van der Waals surface area contributed by atoms with Crippen LogP contribution >= 0.6 is 0 Å². The van der Waals surface area contributed by atoms with Crippen LogP contribution in [0.5, 0.6) is 0 Å². The van der Waals surface area contributed by atoms with Crippen molar-refractivity contribution in [3.8, 4) is 0 Å². The van der Waals surface area contributed by atoms with Crippen LogP contribution < -0.4 is 5.32 Å². The zero-order valence-electron chi connectivity index (χ0n) is 16.9. The van der Waals surface area contributed by atoms with Crippen LogP contribution in [0.1, 0.15) is 81.9 Å². The van der Waals surface area contributed by atoms with Crippen LogP contribution in [0, 0.1) is 23.7 Å². The predicted molar refractivity (Wildman–Crippen MR) is 105 cm³/mol. The lowest BCUT2D eigenvalue weighted by Crippen LogP contribution is -2.46. The Bertz CT molecular complexity index is 710. The highest BCUT2D eigenvalue weighted by atomic mass is 16.2. The maximum atomic E-state index is 13.4. The molecular weight excluding hydrogens is 322 g/mol. The second-order valence-corrected chi connectivity index (χ2v) is 9.28.